The molecule has 0 radical (unpaired) electrons. The molecule has 0 unspecified atom stereocenters. The van der Waals surface area contributed by atoms with Gasteiger partial charge in [0.25, 0.3) is 0 Å². The first kappa shape index (κ1) is 19.1. The minimum absolute atomic E-state index is 0.0528. The number of carbonyl (C=O) groups is 1. The second kappa shape index (κ2) is 8.22. The fraction of sp³-hybridized carbons (Fsp3) is 0.333. The van der Waals surface area contributed by atoms with Gasteiger partial charge >= 0.3 is 0 Å². The van der Waals surface area contributed by atoms with E-state index in [1.807, 2.05) is 31.2 Å². The van der Waals surface area contributed by atoms with Crippen molar-refractivity contribution in [2.45, 2.75) is 38.6 Å². The SMILES string of the molecule is Cc1cc(C)c(S(=O)(=O)NCCC(=O)NCc2ccncc2)c(C)c1. The Balaban J connectivity index is 1.89. The van der Waals surface area contributed by atoms with Crippen LogP contribution >= 0.6 is 0 Å². The molecule has 0 saturated heterocycles. The largest absolute Gasteiger partial charge is 0.352 e. The van der Waals surface area contributed by atoms with Crippen LogP contribution < -0.4 is 10.0 Å². The third-order valence-corrected chi connectivity index (χ3v) is 5.52. The highest BCUT2D eigenvalue weighted by Crippen LogP contribution is 2.21. The summed E-state index contributed by atoms with van der Waals surface area (Å²) in [7, 11) is -3.64. The van der Waals surface area contributed by atoms with Crippen molar-refractivity contribution >= 4 is 15.9 Å². The van der Waals surface area contributed by atoms with E-state index in [-0.39, 0.29) is 23.8 Å². The number of pyridine rings is 1. The lowest BCUT2D eigenvalue weighted by Crippen LogP contribution is -2.31. The number of sulfonamides is 1. The van der Waals surface area contributed by atoms with E-state index in [0.29, 0.717) is 17.7 Å². The molecule has 0 atom stereocenters. The third kappa shape index (κ3) is 5.37. The van der Waals surface area contributed by atoms with Crippen molar-refractivity contribution in [1.82, 2.24) is 15.0 Å². The van der Waals surface area contributed by atoms with Crippen LogP contribution in [0.25, 0.3) is 0 Å². The molecule has 2 aromatic rings. The number of hydrogen-bond donors (Lipinski definition) is 2. The smallest absolute Gasteiger partial charge is 0.241 e. The van der Waals surface area contributed by atoms with Crippen molar-refractivity contribution in [3.63, 3.8) is 0 Å². The predicted molar refractivity (Wildman–Crippen MR) is 96.5 cm³/mol. The van der Waals surface area contributed by atoms with E-state index in [4.69, 9.17) is 0 Å². The Hall–Kier alpha value is -2.25. The molecule has 2 N–H and O–H groups in total. The van der Waals surface area contributed by atoms with Crippen molar-refractivity contribution < 1.29 is 13.2 Å². The van der Waals surface area contributed by atoms with Crippen LogP contribution in [0, 0.1) is 20.8 Å². The van der Waals surface area contributed by atoms with Gasteiger partial charge in [0, 0.05) is 31.9 Å². The molecule has 0 fully saturated rings. The lowest BCUT2D eigenvalue weighted by molar-refractivity contribution is -0.121. The zero-order valence-corrected chi connectivity index (χ0v) is 15.5. The maximum atomic E-state index is 12.5. The van der Waals surface area contributed by atoms with Gasteiger partial charge in [0.05, 0.1) is 4.90 Å². The van der Waals surface area contributed by atoms with Gasteiger partial charge in [0.15, 0.2) is 0 Å². The number of aryl methyl sites for hydroxylation is 3. The molecule has 1 aromatic heterocycles. The average Bonchev–Trinajstić information content (AvgIpc) is 2.52. The molecule has 0 spiro atoms. The van der Waals surface area contributed by atoms with Gasteiger partial charge in [0.2, 0.25) is 15.9 Å². The van der Waals surface area contributed by atoms with E-state index in [1.165, 1.54) is 0 Å². The molecule has 7 heteroatoms. The number of carbonyl (C=O) groups excluding carboxylic acids is 1. The van der Waals surface area contributed by atoms with E-state index in [9.17, 15) is 13.2 Å². The van der Waals surface area contributed by atoms with Gasteiger partial charge in [-0.1, -0.05) is 17.7 Å². The Bertz CT molecular complexity index is 826. The summed E-state index contributed by atoms with van der Waals surface area (Å²) in [5, 5.41) is 2.75. The topological polar surface area (TPSA) is 88.2 Å². The third-order valence-electron chi connectivity index (χ3n) is 3.76. The van der Waals surface area contributed by atoms with Gasteiger partial charge in [-0.05, 0) is 49.6 Å². The number of hydrogen-bond acceptors (Lipinski definition) is 4. The summed E-state index contributed by atoms with van der Waals surface area (Å²) in [5.74, 6) is -0.211. The summed E-state index contributed by atoms with van der Waals surface area (Å²) in [6, 6.07) is 7.30. The summed E-state index contributed by atoms with van der Waals surface area (Å²) in [6.45, 7) is 5.92. The first-order valence-corrected chi connectivity index (χ1v) is 9.51. The van der Waals surface area contributed by atoms with Crippen LogP contribution in [0.2, 0.25) is 0 Å². The summed E-state index contributed by atoms with van der Waals surface area (Å²) < 4.78 is 27.5. The number of aromatic nitrogens is 1. The maximum Gasteiger partial charge on any atom is 0.241 e. The standard InChI is InChI=1S/C18H23N3O3S/c1-13-10-14(2)18(15(3)11-13)25(23,24)21-9-6-17(22)20-12-16-4-7-19-8-5-16/h4-5,7-8,10-11,21H,6,9,12H2,1-3H3,(H,20,22). The second-order valence-corrected chi connectivity index (χ2v) is 7.71. The lowest BCUT2D eigenvalue weighted by Gasteiger charge is -2.13. The molecule has 0 saturated carbocycles. The highest BCUT2D eigenvalue weighted by molar-refractivity contribution is 7.89. The molecule has 0 aliphatic heterocycles. The molecule has 1 amide bonds. The van der Waals surface area contributed by atoms with E-state index in [0.717, 1.165) is 11.1 Å². The van der Waals surface area contributed by atoms with Crippen molar-refractivity contribution in [3.8, 4) is 0 Å². The van der Waals surface area contributed by atoms with E-state index in [1.54, 1.807) is 26.2 Å². The molecule has 0 aliphatic carbocycles. The molecule has 2 rings (SSSR count). The minimum atomic E-state index is -3.64. The van der Waals surface area contributed by atoms with Crippen LogP contribution in [0.15, 0.2) is 41.6 Å². The van der Waals surface area contributed by atoms with Crippen LogP contribution in [0.5, 0.6) is 0 Å². The summed E-state index contributed by atoms with van der Waals surface area (Å²) in [6.07, 6.45) is 3.39. The second-order valence-electron chi connectivity index (χ2n) is 6.01. The van der Waals surface area contributed by atoms with Gasteiger partial charge in [-0.25, -0.2) is 13.1 Å². The normalized spacial score (nSPS) is 11.3. The first-order chi connectivity index (χ1) is 11.8. The van der Waals surface area contributed by atoms with Gasteiger partial charge in [-0.15, -0.1) is 0 Å². The maximum absolute atomic E-state index is 12.5. The van der Waals surface area contributed by atoms with Gasteiger partial charge < -0.3 is 5.32 Å². The highest BCUT2D eigenvalue weighted by Gasteiger charge is 2.19. The Labute approximate surface area is 148 Å². The summed E-state index contributed by atoms with van der Waals surface area (Å²) >= 11 is 0. The molecule has 134 valence electrons. The van der Waals surface area contributed by atoms with Crippen LogP contribution in [-0.2, 0) is 21.4 Å². The van der Waals surface area contributed by atoms with E-state index in [2.05, 4.69) is 15.0 Å². The Morgan fingerprint density at radius 3 is 2.28 bits per heavy atom. The van der Waals surface area contributed by atoms with Crippen molar-refractivity contribution in [1.29, 1.82) is 0 Å². The van der Waals surface area contributed by atoms with Gasteiger partial charge in [-0.3, -0.25) is 9.78 Å². The zero-order chi connectivity index (χ0) is 18.4. The zero-order valence-electron chi connectivity index (χ0n) is 14.7. The quantitative estimate of drug-likeness (QED) is 0.789. The van der Waals surface area contributed by atoms with Crippen LogP contribution in [0.4, 0.5) is 0 Å². The Morgan fingerprint density at radius 1 is 1.08 bits per heavy atom. The van der Waals surface area contributed by atoms with Crippen LogP contribution in [0.3, 0.4) is 0 Å². The van der Waals surface area contributed by atoms with E-state index >= 15 is 0 Å². The van der Waals surface area contributed by atoms with Gasteiger partial charge in [-0.2, -0.15) is 0 Å². The molecule has 0 bridgehead atoms. The number of amides is 1. The van der Waals surface area contributed by atoms with Crippen molar-refractivity contribution in [2.24, 2.45) is 0 Å². The van der Waals surface area contributed by atoms with Crippen molar-refractivity contribution in [2.75, 3.05) is 6.54 Å². The summed E-state index contributed by atoms with van der Waals surface area (Å²) in [5.41, 5.74) is 3.36. The average molecular weight is 361 g/mol. The monoisotopic (exact) mass is 361 g/mol. The fourth-order valence-electron chi connectivity index (χ4n) is 2.75. The Kier molecular flexibility index (Phi) is 6.27. The van der Waals surface area contributed by atoms with Crippen molar-refractivity contribution in [3.05, 3.63) is 58.9 Å². The number of nitrogens with zero attached hydrogens (tertiary/aromatic N) is 1. The minimum Gasteiger partial charge on any atom is -0.352 e. The van der Waals surface area contributed by atoms with Gasteiger partial charge in [0.1, 0.15) is 0 Å². The number of rotatable bonds is 7. The molecule has 1 aromatic carbocycles. The molecular formula is C18H23N3O3S. The predicted octanol–water partition coefficient (Wildman–Crippen LogP) is 1.99. The molecule has 0 aliphatic rings. The lowest BCUT2D eigenvalue weighted by atomic mass is 10.1. The Morgan fingerprint density at radius 2 is 1.68 bits per heavy atom. The van der Waals surface area contributed by atoms with Crippen LogP contribution in [-0.4, -0.2) is 25.9 Å². The molecule has 6 nitrogen and oxygen atoms in total. The number of benzene rings is 1. The number of nitrogens with one attached hydrogen (secondary N) is 2. The highest BCUT2D eigenvalue weighted by atomic mass is 32.2. The molecular weight excluding hydrogens is 338 g/mol. The molecule has 25 heavy (non-hydrogen) atoms. The van der Waals surface area contributed by atoms with Crippen LogP contribution in [0.1, 0.15) is 28.7 Å². The van der Waals surface area contributed by atoms with E-state index < -0.39 is 10.0 Å². The fourth-order valence-corrected chi connectivity index (χ4v) is 4.23. The summed E-state index contributed by atoms with van der Waals surface area (Å²) in [4.78, 5) is 16.1. The first-order valence-electron chi connectivity index (χ1n) is 8.03. The molecule has 1 heterocycles.